The lowest BCUT2D eigenvalue weighted by atomic mass is 10.1. The first kappa shape index (κ1) is 17.6. The van der Waals surface area contributed by atoms with Crippen molar-refractivity contribution in [1.29, 1.82) is 0 Å². The molecule has 0 amide bonds. The van der Waals surface area contributed by atoms with E-state index in [9.17, 15) is 4.39 Å². The number of halogens is 2. The van der Waals surface area contributed by atoms with Crippen LogP contribution in [-0.2, 0) is 11.2 Å². The fraction of sp³-hybridized carbons (Fsp3) is 0.625. The lowest BCUT2D eigenvalue weighted by Crippen LogP contribution is -2.38. The minimum atomic E-state index is -0.208. The number of ether oxygens (including phenoxy) is 1. The number of benzene rings is 1. The van der Waals surface area contributed by atoms with Crippen molar-refractivity contribution >= 4 is 15.9 Å². The van der Waals surface area contributed by atoms with E-state index < -0.39 is 0 Å². The summed E-state index contributed by atoms with van der Waals surface area (Å²) in [5, 5.41) is 3.47. The van der Waals surface area contributed by atoms with E-state index in [0.29, 0.717) is 6.61 Å². The summed E-state index contributed by atoms with van der Waals surface area (Å²) in [6.45, 7) is 9.83. The lowest BCUT2D eigenvalue weighted by Gasteiger charge is -2.25. The van der Waals surface area contributed by atoms with Gasteiger partial charge in [-0.1, -0.05) is 22.9 Å². The van der Waals surface area contributed by atoms with Crippen molar-refractivity contribution in [1.82, 2.24) is 5.32 Å². The molecule has 0 spiro atoms. The first-order valence-corrected chi connectivity index (χ1v) is 7.92. The highest BCUT2D eigenvalue weighted by molar-refractivity contribution is 9.10. The molecule has 0 aliphatic heterocycles. The average molecular weight is 346 g/mol. The van der Waals surface area contributed by atoms with Gasteiger partial charge in [-0.15, -0.1) is 0 Å². The lowest BCUT2D eigenvalue weighted by molar-refractivity contribution is -0.0143. The molecule has 0 saturated carbocycles. The highest BCUT2D eigenvalue weighted by atomic mass is 79.9. The molecule has 0 fully saturated rings. The molecule has 0 saturated heterocycles. The van der Waals surface area contributed by atoms with Crippen molar-refractivity contribution in [2.45, 2.75) is 52.2 Å². The van der Waals surface area contributed by atoms with Gasteiger partial charge >= 0.3 is 0 Å². The fourth-order valence-corrected chi connectivity index (χ4v) is 2.42. The molecule has 1 atom stereocenters. The van der Waals surface area contributed by atoms with Gasteiger partial charge in [0.15, 0.2) is 0 Å². The molecule has 4 heteroatoms. The number of hydrogen-bond donors (Lipinski definition) is 1. The summed E-state index contributed by atoms with van der Waals surface area (Å²) >= 11 is 3.33. The van der Waals surface area contributed by atoms with Crippen LogP contribution in [-0.4, -0.2) is 24.8 Å². The van der Waals surface area contributed by atoms with Gasteiger partial charge in [0.2, 0.25) is 0 Å². The number of nitrogens with one attached hydrogen (secondary N) is 1. The van der Waals surface area contributed by atoms with Crippen molar-refractivity contribution in [2.75, 3.05) is 13.2 Å². The predicted molar refractivity (Wildman–Crippen MR) is 85.6 cm³/mol. The summed E-state index contributed by atoms with van der Waals surface area (Å²) in [5.74, 6) is -0.208. The van der Waals surface area contributed by atoms with Gasteiger partial charge < -0.3 is 10.1 Å². The summed E-state index contributed by atoms with van der Waals surface area (Å²) < 4.78 is 20.1. The third-order valence-electron chi connectivity index (χ3n) is 2.80. The van der Waals surface area contributed by atoms with E-state index >= 15 is 0 Å². The summed E-state index contributed by atoms with van der Waals surface area (Å²) in [5.41, 5.74) is 0.817. The van der Waals surface area contributed by atoms with Crippen LogP contribution in [0.2, 0.25) is 0 Å². The zero-order valence-corrected chi connectivity index (χ0v) is 14.4. The van der Waals surface area contributed by atoms with E-state index in [4.69, 9.17) is 4.74 Å². The van der Waals surface area contributed by atoms with Crippen molar-refractivity contribution < 1.29 is 9.13 Å². The van der Waals surface area contributed by atoms with E-state index in [-0.39, 0.29) is 17.5 Å². The zero-order chi connectivity index (χ0) is 15.2. The first-order chi connectivity index (χ1) is 9.30. The van der Waals surface area contributed by atoms with Crippen molar-refractivity contribution in [3.8, 4) is 0 Å². The van der Waals surface area contributed by atoms with Crippen LogP contribution in [0.15, 0.2) is 22.7 Å². The molecule has 0 radical (unpaired) electrons. The van der Waals surface area contributed by atoms with Gasteiger partial charge in [0.25, 0.3) is 0 Å². The highest BCUT2D eigenvalue weighted by Gasteiger charge is 2.16. The second-order valence-corrected chi connectivity index (χ2v) is 6.97. The van der Waals surface area contributed by atoms with E-state index in [2.05, 4.69) is 28.2 Å². The van der Waals surface area contributed by atoms with E-state index in [0.717, 1.165) is 29.4 Å². The second-order valence-electron chi connectivity index (χ2n) is 6.06. The third kappa shape index (κ3) is 7.36. The SMILES string of the molecule is CCCNC(COC(C)(C)C)Cc1cc(F)cc(Br)c1. The van der Waals surface area contributed by atoms with Gasteiger partial charge in [0.05, 0.1) is 12.2 Å². The molecule has 1 aromatic rings. The Labute approximate surface area is 130 Å². The molecular weight excluding hydrogens is 321 g/mol. The molecule has 0 aromatic heterocycles. The van der Waals surface area contributed by atoms with Crippen molar-refractivity contribution in [3.63, 3.8) is 0 Å². The van der Waals surface area contributed by atoms with Gasteiger partial charge in [-0.2, -0.15) is 0 Å². The summed E-state index contributed by atoms with van der Waals surface area (Å²) in [6, 6.07) is 5.22. The summed E-state index contributed by atoms with van der Waals surface area (Å²) in [7, 11) is 0. The Balaban J connectivity index is 2.67. The monoisotopic (exact) mass is 345 g/mol. The van der Waals surface area contributed by atoms with E-state index in [1.807, 2.05) is 26.8 Å². The number of hydrogen-bond acceptors (Lipinski definition) is 2. The van der Waals surface area contributed by atoms with Crippen molar-refractivity contribution in [3.05, 3.63) is 34.1 Å². The molecular formula is C16H25BrFNO. The van der Waals surface area contributed by atoms with E-state index in [1.165, 1.54) is 6.07 Å². The molecule has 1 N–H and O–H groups in total. The maximum atomic E-state index is 13.4. The second kappa shape index (κ2) is 8.11. The molecule has 20 heavy (non-hydrogen) atoms. The maximum absolute atomic E-state index is 13.4. The van der Waals surface area contributed by atoms with Crippen LogP contribution in [0.3, 0.4) is 0 Å². The van der Waals surface area contributed by atoms with Gasteiger partial charge in [-0.05, 0) is 63.9 Å². The summed E-state index contributed by atoms with van der Waals surface area (Å²) in [4.78, 5) is 0. The predicted octanol–water partition coefficient (Wildman–Crippen LogP) is 4.31. The Morgan fingerprint density at radius 3 is 2.55 bits per heavy atom. The van der Waals surface area contributed by atoms with Crippen LogP contribution in [0.4, 0.5) is 4.39 Å². The molecule has 0 bridgehead atoms. The Bertz CT molecular complexity index is 397. The summed E-state index contributed by atoms with van der Waals surface area (Å²) in [6.07, 6.45) is 1.82. The standard InChI is InChI=1S/C16H25BrFNO/c1-5-6-19-15(11-20-16(2,3)4)9-12-7-13(17)10-14(18)8-12/h7-8,10,15,19H,5-6,9,11H2,1-4H3. The van der Waals surface area contributed by atoms with Crippen LogP contribution in [0, 0.1) is 5.82 Å². The average Bonchev–Trinajstić information content (AvgIpc) is 2.30. The molecule has 0 aliphatic rings. The topological polar surface area (TPSA) is 21.3 Å². The van der Waals surface area contributed by atoms with Gasteiger partial charge in [-0.3, -0.25) is 0 Å². The Morgan fingerprint density at radius 1 is 1.30 bits per heavy atom. The van der Waals surface area contributed by atoms with Crippen LogP contribution in [0.5, 0.6) is 0 Å². The third-order valence-corrected chi connectivity index (χ3v) is 3.26. The maximum Gasteiger partial charge on any atom is 0.124 e. The van der Waals surface area contributed by atoms with Gasteiger partial charge in [-0.25, -0.2) is 4.39 Å². The smallest absolute Gasteiger partial charge is 0.124 e. The molecule has 1 aromatic carbocycles. The minimum Gasteiger partial charge on any atom is -0.374 e. The Hall–Kier alpha value is -0.450. The molecule has 114 valence electrons. The number of rotatable bonds is 7. The molecule has 0 aliphatic carbocycles. The van der Waals surface area contributed by atoms with Crippen LogP contribution >= 0.6 is 15.9 Å². The van der Waals surface area contributed by atoms with E-state index in [1.54, 1.807) is 6.07 Å². The van der Waals surface area contributed by atoms with Crippen LogP contribution < -0.4 is 5.32 Å². The first-order valence-electron chi connectivity index (χ1n) is 7.12. The molecule has 1 rings (SSSR count). The molecule has 2 nitrogen and oxygen atoms in total. The Morgan fingerprint density at radius 2 is 2.00 bits per heavy atom. The molecule has 1 unspecified atom stereocenters. The zero-order valence-electron chi connectivity index (χ0n) is 12.8. The van der Waals surface area contributed by atoms with Gasteiger partial charge in [0, 0.05) is 10.5 Å². The minimum absolute atomic E-state index is 0.158. The van der Waals surface area contributed by atoms with Crippen LogP contribution in [0.25, 0.3) is 0 Å². The molecule has 0 heterocycles. The quantitative estimate of drug-likeness (QED) is 0.794. The largest absolute Gasteiger partial charge is 0.374 e. The van der Waals surface area contributed by atoms with Crippen molar-refractivity contribution in [2.24, 2.45) is 0 Å². The Kier molecular flexibility index (Phi) is 7.13. The fourth-order valence-electron chi connectivity index (χ4n) is 1.90. The normalized spacial score (nSPS) is 13.5. The van der Waals surface area contributed by atoms with Crippen LogP contribution in [0.1, 0.15) is 39.7 Å². The highest BCUT2D eigenvalue weighted by Crippen LogP contribution is 2.17. The van der Waals surface area contributed by atoms with Gasteiger partial charge in [0.1, 0.15) is 5.82 Å².